The van der Waals surface area contributed by atoms with Gasteiger partial charge in [-0.15, -0.1) is 0 Å². The number of halogens is 1. The van der Waals surface area contributed by atoms with Crippen molar-refractivity contribution >= 4 is 6.03 Å². The third kappa shape index (κ3) is 5.46. The van der Waals surface area contributed by atoms with Crippen LogP contribution >= 0.6 is 0 Å². The average Bonchev–Trinajstić information content (AvgIpc) is 2.56. The van der Waals surface area contributed by atoms with Gasteiger partial charge < -0.3 is 20.1 Å². The minimum atomic E-state index is -0.613. The fourth-order valence-corrected chi connectivity index (χ4v) is 2.34. The van der Waals surface area contributed by atoms with E-state index < -0.39 is 11.9 Å². The Kier molecular flexibility index (Phi) is 6.36. The van der Waals surface area contributed by atoms with Crippen molar-refractivity contribution in [3.8, 4) is 11.5 Å². The van der Waals surface area contributed by atoms with Gasteiger partial charge >= 0.3 is 6.03 Å². The molecular weight excluding hydrogens is 323 g/mol. The van der Waals surface area contributed by atoms with Crippen LogP contribution in [-0.2, 0) is 0 Å². The summed E-state index contributed by atoms with van der Waals surface area (Å²) in [4.78, 5) is 13.4. The molecule has 25 heavy (non-hydrogen) atoms. The van der Waals surface area contributed by atoms with Crippen LogP contribution in [0.2, 0.25) is 0 Å². The number of nitrogens with one attached hydrogen (secondary N) is 1. The second kappa shape index (κ2) is 8.48. The standard InChI is InChI=1S/C19H23FN2O3/c1-13(23)12-22(3)19(24)21-14(2)15-9-10-18(17(20)11-15)25-16-7-5-4-6-8-16/h4-11,13-14,23H,12H2,1-3H3,(H,21,24). The van der Waals surface area contributed by atoms with Crippen molar-refractivity contribution in [2.75, 3.05) is 13.6 Å². The summed E-state index contributed by atoms with van der Waals surface area (Å²) < 4.78 is 19.8. The fraction of sp³-hybridized carbons (Fsp3) is 0.316. The average molecular weight is 346 g/mol. The molecule has 5 nitrogen and oxygen atoms in total. The molecule has 2 atom stereocenters. The van der Waals surface area contributed by atoms with Crippen LogP contribution in [0.1, 0.15) is 25.5 Å². The SMILES string of the molecule is CC(O)CN(C)C(=O)NC(C)c1ccc(Oc2ccccc2)c(F)c1. The summed E-state index contributed by atoms with van der Waals surface area (Å²) in [5, 5.41) is 12.1. The molecule has 134 valence electrons. The number of carbonyl (C=O) groups is 1. The number of urea groups is 1. The highest BCUT2D eigenvalue weighted by Gasteiger charge is 2.16. The van der Waals surface area contributed by atoms with E-state index in [-0.39, 0.29) is 24.4 Å². The first-order chi connectivity index (χ1) is 11.9. The summed E-state index contributed by atoms with van der Waals surface area (Å²) in [6.07, 6.45) is -0.613. The topological polar surface area (TPSA) is 61.8 Å². The first-order valence-electron chi connectivity index (χ1n) is 8.09. The van der Waals surface area contributed by atoms with E-state index in [1.165, 1.54) is 11.0 Å². The molecule has 0 aliphatic heterocycles. The van der Waals surface area contributed by atoms with Crippen LogP contribution in [0.5, 0.6) is 11.5 Å². The number of para-hydroxylation sites is 1. The van der Waals surface area contributed by atoms with Crippen molar-refractivity contribution in [3.63, 3.8) is 0 Å². The summed E-state index contributed by atoms with van der Waals surface area (Å²) in [5.74, 6) is 0.176. The third-order valence-corrected chi connectivity index (χ3v) is 3.65. The normalized spacial score (nSPS) is 13.0. The molecule has 2 unspecified atom stereocenters. The number of rotatable bonds is 6. The van der Waals surface area contributed by atoms with Gasteiger partial charge in [-0.05, 0) is 43.7 Å². The number of likely N-dealkylation sites (N-methyl/N-ethyl adjacent to an activating group) is 1. The zero-order valence-electron chi connectivity index (χ0n) is 14.6. The molecule has 0 aliphatic carbocycles. The van der Waals surface area contributed by atoms with E-state index in [2.05, 4.69) is 5.32 Å². The Hall–Kier alpha value is -2.60. The van der Waals surface area contributed by atoms with Gasteiger partial charge in [0.25, 0.3) is 0 Å². The van der Waals surface area contributed by atoms with Crippen LogP contribution in [-0.4, -0.2) is 35.7 Å². The lowest BCUT2D eigenvalue weighted by molar-refractivity contribution is 0.142. The van der Waals surface area contributed by atoms with Crippen molar-refractivity contribution in [3.05, 3.63) is 59.9 Å². The van der Waals surface area contributed by atoms with Crippen molar-refractivity contribution in [2.24, 2.45) is 0 Å². The molecule has 2 aromatic rings. The van der Waals surface area contributed by atoms with E-state index in [0.29, 0.717) is 11.3 Å². The number of carbonyl (C=O) groups excluding carboxylic acids is 1. The maximum atomic E-state index is 14.3. The summed E-state index contributed by atoms with van der Waals surface area (Å²) in [5.41, 5.74) is 0.622. The Morgan fingerprint density at radius 1 is 1.24 bits per heavy atom. The van der Waals surface area contributed by atoms with E-state index in [1.807, 2.05) is 18.2 Å². The predicted octanol–water partition coefficient (Wildman–Crippen LogP) is 3.70. The molecule has 0 bridgehead atoms. The second-order valence-corrected chi connectivity index (χ2v) is 6.01. The van der Waals surface area contributed by atoms with Gasteiger partial charge in [-0.25, -0.2) is 9.18 Å². The van der Waals surface area contributed by atoms with Crippen molar-refractivity contribution in [1.82, 2.24) is 10.2 Å². The summed E-state index contributed by atoms with van der Waals surface area (Å²) in [6.45, 7) is 3.59. The van der Waals surface area contributed by atoms with E-state index in [1.54, 1.807) is 45.2 Å². The molecule has 2 amide bonds. The molecule has 0 heterocycles. The minimum Gasteiger partial charge on any atom is -0.454 e. The monoisotopic (exact) mass is 346 g/mol. The quantitative estimate of drug-likeness (QED) is 0.838. The molecule has 0 radical (unpaired) electrons. The molecule has 0 aliphatic rings. The summed E-state index contributed by atoms with van der Waals surface area (Å²) in [6, 6.07) is 12.8. The van der Waals surface area contributed by atoms with E-state index in [4.69, 9.17) is 4.74 Å². The highest BCUT2D eigenvalue weighted by atomic mass is 19.1. The Bertz CT molecular complexity index is 707. The molecular formula is C19H23FN2O3. The number of hydrogen-bond donors (Lipinski definition) is 2. The van der Waals surface area contributed by atoms with Gasteiger partial charge in [0.15, 0.2) is 11.6 Å². The number of aliphatic hydroxyl groups excluding tert-OH is 1. The number of aliphatic hydroxyl groups is 1. The van der Waals surface area contributed by atoms with E-state index in [0.717, 1.165) is 0 Å². The Morgan fingerprint density at radius 3 is 2.52 bits per heavy atom. The number of hydrogen-bond acceptors (Lipinski definition) is 3. The van der Waals surface area contributed by atoms with Gasteiger partial charge in [0.05, 0.1) is 12.1 Å². The summed E-state index contributed by atoms with van der Waals surface area (Å²) in [7, 11) is 1.59. The maximum absolute atomic E-state index is 14.3. The van der Waals surface area contributed by atoms with Crippen molar-refractivity contribution in [1.29, 1.82) is 0 Å². The first-order valence-corrected chi connectivity index (χ1v) is 8.09. The van der Waals surface area contributed by atoms with Crippen LogP contribution < -0.4 is 10.1 Å². The van der Waals surface area contributed by atoms with E-state index >= 15 is 0 Å². The zero-order valence-corrected chi connectivity index (χ0v) is 14.6. The highest BCUT2D eigenvalue weighted by molar-refractivity contribution is 5.74. The molecule has 2 aromatic carbocycles. The van der Waals surface area contributed by atoms with Gasteiger partial charge in [-0.2, -0.15) is 0 Å². The molecule has 6 heteroatoms. The summed E-state index contributed by atoms with van der Waals surface area (Å²) >= 11 is 0. The Morgan fingerprint density at radius 2 is 1.92 bits per heavy atom. The molecule has 0 saturated carbocycles. The lowest BCUT2D eigenvalue weighted by atomic mass is 10.1. The Balaban J connectivity index is 2.02. The number of ether oxygens (including phenoxy) is 1. The van der Waals surface area contributed by atoms with Crippen LogP contribution in [0.25, 0.3) is 0 Å². The van der Waals surface area contributed by atoms with Gasteiger partial charge in [0.2, 0.25) is 0 Å². The highest BCUT2D eigenvalue weighted by Crippen LogP contribution is 2.26. The Labute approximate surface area is 147 Å². The molecule has 2 N–H and O–H groups in total. The third-order valence-electron chi connectivity index (χ3n) is 3.65. The lowest BCUT2D eigenvalue weighted by Crippen LogP contribution is -2.41. The predicted molar refractivity (Wildman–Crippen MR) is 94.2 cm³/mol. The van der Waals surface area contributed by atoms with E-state index in [9.17, 15) is 14.3 Å². The largest absolute Gasteiger partial charge is 0.454 e. The van der Waals surface area contributed by atoms with Gasteiger partial charge in [0.1, 0.15) is 5.75 Å². The lowest BCUT2D eigenvalue weighted by Gasteiger charge is -2.22. The first kappa shape index (κ1) is 18.7. The molecule has 2 rings (SSSR count). The van der Waals surface area contributed by atoms with Crippen molar-refractivity contribution in [2.45, 2.75) is 26.0 Å². The number of nitrogens with zero attached hydrogens (tertiary/aromatic N) is 1. The van der Waals surface area contributed by atoms with Crippen LogP contribution in [0.4, 0.5) is 9.18 Å². The number of amides is 2. The molecule has 0 aromatic heterocycles. The molecule has 0 saturated heterocycles. The zero-order chi connectivity index (χ0) is 18.4. The minimum absolute atomic E-state index is 0.125. The van der Waals surface area contributed by atoms with Crippen LogP contribution in [0, 0.1) is 5.82 Å². The number of benzene rings is 2. The fourth-order valence-electron chi connectivity index (χ4n) is 2.34. The smallest absolute Gasteiger partial charge is 0.317 e. The van der Waals surface area contributed by atoms with Gasteiger partial charge in [0, 0.05) is 13.6 Å². The van der Waals surface area contributed by atoms with Gasteiger partial charge in [-0.3, -0.25) is 0 Å². The second-order valence-electron chi connectivity index (χ2n) is 6.01. The van der Waals surface area contributed by atoms with Gasteiger partial charge in [-0.1, -0.05) is 24.3 Å². The molecule has 0 spiro atoms. The van der Waals surface area contributed by atoms with Crippen molar-refractivity contribution < 1.29 is 19.0 Å². The maximum Gasteiger partial charge on any atom is 0.317 e. The van der Waals surface area contributed by atoms with Crippen LogP contribution in [0.15, 0.2) is 48.5 Å². The molecule has 0 fully saturated rings. The van der Waals surface area contributed by atoms with Crippen LogP contribution in [0.3, 0.4) is 0 Å².